The zero-order valence-electron chi connectivity index (χ0n) is 6.92. The summed E-state index contributed by atoms with van der Waals surface area (Å²) in [6.45, 7) is 1.75. The number of hydrogen-bond acceptors (Lipinski definition) is 2. The van der Waals surface area contributed by atoms with Crippen molar-refractivity contribution in [2.75, 3.05) is 0 Å². The van der Waals surface area contributed by atoms with Crippen LogP contribution in [0.5, 0.6) is 5.75 Å². The Morgan fingerprint density at radius 3 is 2.38 bits per heavy atom. The molecule has 0 aliphatic heterocycles. The van der Waals surface area contributed by atoms with Crippen LogP contribution in [-0.4, -0.2) is 5.11 Å². The molecule has 0 unspecified atom stereocenters. The van der Waals surface area contributed by atoms with Crippen molar-refractivity contribution in [3.05, 3.63) is 27.7 Å². The molecule has 0 fully saturated rings. The van der Waals surface area contributed by atoms with Gasteiger partial charge in [0, 0.05) is 16.6 Å². The molecular weight excluding hydrogens is 232 g/mol. The quantitative estimate of drug-likeness (QED) is 0.795. The highest BCUT2D eigenvalue weighted by Crippen LogP contribution is 2.33. The van der Waals surface area contributed by atoms with E-state index in [1.54, 1.807) is 13.0 Å². The monoisotopic (exact) mass is 241 g/mol. The van der Waals surface area contributed by atoms with Gasteiger partial charge < -0.3 is 10.8 Å². The second-order valence-corrected chi connectivity index (χ2v) is 3.46. The van der Waals surface area contributed by atoms with E-state index in [-0.39, 0.29) is 29.2 Å². The lowest BCUT2D eigenvalue weighted by molar-refractivity contribution is 0.464. The van der Waals surface area contributed by atoms with Crippen LogP contribution in [0, 0.1) is 0 Å². The molecule has 0 spiro atoms. The molecule has 1 rings (SSSR count). The molecule has 1 aromatic rings. The summed E-state index contributed by atoms with van der Waals surface area (Å²) < 4.78 is 0. The van der Waals surface area contributed by atoms with E-state index >= 15 is 0 Å². The summed E-state index contributed by atoms with van der Waals surface area (Å²) in [6.07, 6.45) is 0. The van der Waals surface area contributed by atoms with Crippen LogP contribution in [0.2, 0.25) is 10.0 Å². The fourth-order valence-corrected chi connectivity index (χ4v) is 1.44. The lowest BCUT2D eigenvalue weighted by atomic mass is 10.1. The van der Waals surface area contributed by atoms with Crippen molar-refractivity contribution >= 4 is 35.6 Å². The van der Waals surface area contributed by atoms with Gasteiger partial charge in [-0.05, 0) is 19.1 Å². The summed E-state index contributed by atoms with van der Waals surface area (Å²) >= 11 is 11.4. The molecule has 0 radical (unpaired) electrons. The van der Waals surface area contributed by atoms with E-state index in [1.165, 1.54) is 6.07 Å². The maximum atomic E-state index is 9.42. The SMILES string of the molecule is C[C@H](N)c1cc(Cl)cc(Cl)c1O.Cl. The second kappa shape index (κ2) is 4.91. The third kappa shape index (κ3) is 2.92. The van der Waals surface area contributed by atoms with Gasteiger partial charge in [-0.25, -0.2) is 0 Å². The summed E-state index contributed by atoms with van der Waals surface area (Å²) in [7, 11) is 0. The van der Waals surface area contributed by atoms with Gasteiger partial charge in [-0.3, -0.25) is 0 Å². The van der Waals surface area contributed by atoms with Crippen molar-refractivity contribution in [2.45, 2.75) is 13.0 Å². The van der Waals surface area contributed by atoms with E-state index < -0.39 is 0 Å². The molecule has 5 heteroatoms. The van der Waals surface area contributed by atoms with Gasteiger partial charge in [0.25, 0.3) is 0 Å². The lowest BCUT2D eigenvalue weighted by Crippen LogP contribution is -2.05. The van der Waals surface area contributed by atoms with Gasteiger partial charge in [0.05, 0.1) is 5.02 Å². The van der Waals surface area contributed by atoms with Crippen LogP contribution in [0.3, 0.4) is 0 Å². The molecule has 74 valence electrons. The molecule has 3 N–H and O–H groups in total. The first-order valence-corrected chi connectivity index (χ1v) is 4.21. The predicted octanol–water partition coefficient (Wildman–Crippen LogP) is 3.14. The Morgan fingerprint density at radius 1 is 1.38 bits per heavy atom. The maximum absolute atomic E-state index is 9.42. The molecular formula is C8H10Cl3NO. The standard InChI is InChI=1S/C8H9Cl2NO.ClH/c1-4(11)6-2-5(9)3-7(10)8(6)12;/h2-4,12H,11H2,1H3;1H/t4-;/m0./s1. The molecule has 0 saturated heterocycles. The molecule has 0 heterocycles. The largest absolute Gasteiger partial charge is 0.506 e. The molecule has 0 bridgehead atoms. The van der Waals surface area contributed by atoms with E-state index in [4.69, 9.17) is 28.9 Å². The highest BCUT2D eigenvalue weighted by molar-refractivity contribution is 6.35. The molecule has 0 aliphatic carbocycles. The van der Waals surface area contributed by atoms with E-state index in [0.717, 1.165) is 0 Å². The van der Waals surface area contributed by atoms with Crippen LogP contribution in [0.1, 0.15) is 18.5 Å². The van der Waals surface area contributed by atoms with Gasteiger partial charge in [0.2, 0.25) is 0 Å². The Labute approximate surface area is 93.1 Å². The molecule has 13 heavy (non-hydrogen) atoms. The van der Waals surface area contributed by atoms with E-state index in [2.05, 4.69) is 0 Å². The van der Waals surface area contributed by atoms with Crippen LogP contribution >= 0.6 is 35.6 Å². The zero-order chi connectivity index (χ0) is 9.30. The number of benzene rings is 1. The third-order valence-electron chi connectivity index (χ3n) is 1.55. The normalized spacial score (nSPS) is 12.0. The molecule has 0 aliphatic rings. The first-order chi connectivity index (χ1) is 5.52. The van der Waals surface area contributed by atoms with E-state index in [0.29, 0.717) is 10.6 Å². The second-order valence-electron chi connectivity index (χ2n) is 2.61. The smallest absolute Gasteiger partial charge is 0.139 e. The van der Waals surface area contributed by atoms with Crippen LogP contribution in [0.25, 0.3) is 0 Å². The summed E-state index contributed by atoms with van der Waals surface area (Å²) in [5.41, 5.74) is 6.14. The van der Waals surface area contributed by atoms with Gasteiger partial charge in [-0.15, -0.1) is 12.4 Å². The van der Waals surface area contributed by atoms with Gasteiger partial charge in [0.1, 0.15) is 5.75 Å². The Kier molecular flexibility index (Phi) is 4.86. The van der Waals surface area contributed by atoms with Crippen molar-refractivity contribution in [3.8, 4) is 5.75 Å². The molecule has 2 nitrogen and oxygen atoms in total. The van der Waals surface area contributed by atoms with Crippen molar-refractivity contribution in [3.63, 3.8) is 0 Å². The average Bonchev–Trinajstić information content (AvgIpc) is 1.96. The highest BCUT2D eigenvalue weighted by atomic mass is 35.5. The zero-order valence-corrected chi connectivity index (χ0v) is 9.25. The Bertz CT molecular complexity index is 302. The topological polar surface area (TPSA) is 46.2 Å². The lowest BCUT2D eigenvalue weighted by Gasteiger charge is -2.09. The summed E-state index contributed by atoms with van der Waals surface area (Å²) in [5, 5.41) is 10.1. The van der Waals surface area contributed by atoms with Crippen molar-refractivity contribution in [1.82, 2.24) is 0 Å². The minimum atomic E-state index is -0.277. The first kappa shape index (κ1) is 12.8. The van der Waals surface area contributed by atoms with Gasteiger partial charge in [0.15, 0.2) is 0 Å². The number of hydrogen-bond donors (Lipinski definition) is 2. The van der Waals surface area contributed by atoms with Gasteiger partial charge in [-0.2, -0.15) is 0 Å². The maximum Gasteiger partial charge on any atom is 0.139 e. The number of aromatic hydroxyl groups is 1. The first-order valence-electron chi connectivity index (χ1n) is 3.46. The Balaban J connectivity index is 0.00000144. The number of halogens is 3. The fraction of sp³-hybridized carbons (Fsp3) is 0.250. The summed E-state index contributed by atoms with van der Waals surface area (Å²) in [4.78, 5) is 0. The van der Waals surface area contributed by atoms with Crippen LogP contribution in [0.4, 0.5) is 0 Å². The minimum Gasteiger partial charge on any atom is -0.506 e. The van der Waals surface area contributed by atoms with Gasteiger partial charge in [-0.1, -0.05) is 23.2 Å². The number of phenols is 1. The minimum absolute atomic E-state index is 0. The van der Waals surface area contributed by atoms with Crippen molar-refractivity contribution in [2.24, 2.45) is 5.73 Å². The summed E-state index contributed by atoms with van der Waals surface area (Å²) in [6, 6.07) is 2.80. The van der Waals surface area contributed by atoms with Crippen molar-refractivity contribution in [1.29, 1.82) is 0 Å². The Hall–Kier alpha value is -0.150. The van der Waals surface area contributed by atoms with Crippen molar-refractivity contribution < 1.29 is 5.11 Å². The average molecular weight is 243 g/mol. The molecule has 0 amide bonds. The third-order valence-corrected chi connectivity index (χ3v) is 2.05. The molecule has 1 atom stereocenters. The molecule has 0 saturated carbocycles. The van der Waals surface area contributed by atoms with Crippen LogP contribution in [-0.2, 0) is 0 Å². The number of rotatable bonds is 1. The van der Waals surface area contributed by atoms with E-state index in [9.17, 15) is 5.11 Å². The Morgan fingerprint density at radius 2 is 1.92 bits per heavy atom. The van der Waals surface area contributed by atoms with Gasteiger partial charge >= 0.3 is 0 Å². The highest BCUT2D eigenvalue weighted by Gasteiger charge is 2.10. The van der Waals surface area contributed by atoms with Crippen LogP contribution < -0.4 is 5.73 Å². The van der Waals surface area contributed by atoms with Crippen LogP contribution in [0.15, 0.2) is 12.1 Å². The molecule has 1 aromatic carbocycles. The number of phenolic OH excluding ortho intramolecular Hbond substituents is 1. The fourth-order valence-electron chi connectivity index (χ4n) is 0.933. The summed E-state index contributed by atoms with van der Waals surface area (Å²) in [5.74, 6) is 0.0102. The number of nitrogens with two attached hydrogens (primary N) is 1. The molecule has 0 aromatic heterocycles. The van der Waals surface area contributed by atoms with E-state index in [1.807, 2.05) is 0 Å². The predicted molar refractivity (Wildman–Crippen MR) is 58.0 cm³/mol.